The minimum Gasteiger partial charge on any atom is -0.192 e. The fourth-order valence-electron chi connectivity index (χ4n) is 2.25. The van der Waals surface area contributed by atoms with Crippen LogP contribution < -0.4 is 0 Å². The Hall–Kier alpha value is -1.80. The summed E-state index contributed by atoms with van der Waals surface area (Å²) in [5, 5.41) is 18.0. The molecule has 0 heterocycles. The Bertz CT molecular complexity index is 507. The predicted molar refractivity (Wildman–Crippen MR) is 77.9 cm³/mol. The van der Waals surface area contributed by atoms with Crippen LogP contribution in [0.15, 0.2) is 34.9 Å². The van der Waals surface area contributed by atoms with Crippen LogP contribution in [0, 0.1) is 33.5 Å². The molecule has 0 fully saturated rings. The summed E-state index contributed by atoms with van der Waals surface area (Å²) in [6.45, 7) is 10.8. The second-order valence-corrected chi connectivity index (χ2v) is 7.06. The van der Waals surface area contributed by atoms with Gasteiger partial charge in [-0.25, -0.2) is 0 Å². The third-order valence-electron chi connectivity index (χ3n) is 3.05. The summed E-state index contributed by atoms with van der Waals surface area (Å²) in [6, 6.07) is 4.00. The van der Waals surface area contributed by atoms with E-state index in [-0.39, 0.29) is 16.4 Å². The summed E-state index contributed by atoms with van der Waals surface area (Å²) < 4.78 is 0. The fraction of sp³-hybridized carbons (Fsp3) is 0.529. The molecule has 0 spiro atoms. The van der Waals surface area contributed by atoms with E-state index in [0.29, 0.717) is 0 Å². The summed E-state index contributed by atoms with van der Waals surface area (Å²) in [7, 11) is 0. The third-order valence-corrected chi connectivity index (χ3v) is 3.05. The van der Waals surface area contributed by atoms with Crippen LogP contribution in [-0.4, -0.2) is 0 Å². The van der Waals surface area contributed by atoms with Crippen molar-refractivity contribution in [2.75, 3.05) is 0 Å². The molecule has 0 atom stereocenters. The van der Waals surface area contributed by atoms with Crippen LogP contribution >= 0.6 is 0 Å². The number of nitrogens with zero attached hydrogens (tertiary/aromatic N) is 2. The highest BCUT2D eigenvalue weighted by Crippen LogP contribution is 2.39. The number of nitriles is 2. The van der Waals surface area contributed by atoms with Crippen molar-refractivity contribution >= 4 is 0 Å². The van der Waals surface area contributed by atoms with Gasteiger partial charge >= 0.3 is 0 Å². The summed E-state index contributed by atoms with van der Waals surface area (Å²) >= 11 is 0. The average Bonchev–Trinajstić information content (AvgIpc) is 2.25. The first kappa shape index (κ1) is 15.3. The van der Waals surface area contributed by atoms with Gasteiger partial charge in [0.25, 0.3) is 0 Å². The van der Waals surface area contributed by atoms with Crippen LogP contribution in [0.2, 0.25) is 0 Å². The maximum Gasteiger partial charge on any atom is 0.132 e. The van der Waals surface area contributed by atoms with Crippen molar-refractivity contribution in [3.63, 3.8) is 0 Å². The monoisotopic (exact) mass is 254 g/mol. The number of allylic oxidation sites excluding steroid dienone is 6. The lowest BCUT2D eigenvalue weighted by Crippen LogP contribution is -2.17. The van der Waals surface area contributed by atoms with E-state index >= 15 is 0 Å². The zero-order valence-electron chi connectivity index (χ0n) is 12.5. The molecular formula is C17H22N2. The van der Waals surface area contributed by atoms with Crippen molar-refractivity contribution in [1.29, 1.82) is 10.5 Å². The van der Waals surface area contributed by atoms with Crippen molar-refractivity contribution in [2.45, 2.75) is 47.5 Å². The molecule has 1 rings (SSSR count). The molecule has 100 valence electrons. The van der Waals surface area contributed by atoms with E-state index < -0.39 is 0 Å². The first-order valence-electron chi connectivity index (χ1n) is 6.60. The molecule has 1 aliphatic carbocycles. The van der Waals surface area contributed by atoms with Gasteiger partial charge in [-0.05, 0) is 34.8 Å². The van der Waals surface area contributed by atoms with Crippen LogP contribution in [0.3, 0.4) is 0 Å². The Kier molecular flexibility index (Phi) is 4.38. The topological polar surface area (TPSA) is 47.6 Å². The first-order valence-corrected chi connectivity index (χ1v) is 6.60. The summed E-state index contributed by atoms with van der Waals surface area (Å²) in [5.41, 5.74) is 2.55. The fourth-order valence-corrected chi connectivity index (χ4v) is 2.25. The standard InChI is InChI=1S/C17H22N2/c1-16(2,3)7-6-13-8-14(15(11-18)12-19)10-17(4,5)9-13/h6-8H,9-10H2,1-5H3/b7-6+. The maximum absolute atomic E-state index is 9.02. The van der Waals surface area contributed by atoms with Crippen molar-refractivity contribution < 1.29 is 0 Å². The Morgan fingerprint density at radius 1 is 1.21 bits per heavy atom. The molecule has 1 aliphatic rings. The SMILES string of the molecule is CC(C)(C)/C=C/C1=CC(=C(C#N)C#N)CC(C)(C)C1. The molecule has 0 unspecified atom stereocenters. The van der Waals surface area contributed by atoms with Crippen LogP contribution in [0.5, 0.6) is 0 Å². The largest absolute Gasteiger partial charge is 0.192 e. The summed E-state index contributed by atoms with van der Waals surface area (Å²) in [6.07, 6.45) is 8.09. The molecule has 0 bridgehead atoms. The maximum atomic E-state index is 9.02. The molecule has 0 aromatic carbocycles. The van der Waals surface area contributed by atoms with Crippen LogP contribution in [-0.2, 0) is 0 Å². The highest BCUT2D eigenvalue weighted by atomic mass is 14.3. The molecule has 0 N–H and O–H groups in total. The molecule has 19 heavy (non-hydrogen) atoms. The number of hydrogen-bond donors (Lipinski definition) is 0. The van der Waals surface area contributed by atoms with Crippen LogP contribution in [0.25, 0.3) is 0 Å². The van der Waals surface area contributed by atoms with E-state index in [4.69, 9.17) is 10.5 Å². The molecule has 0 saturated carbocycles. The van der Waals surface area contributed by atoms with Crippen molar-refractivity contribution in [3.05, 3.63) is 34.9 Å². The third kappa shape index (κ3) is 4.76. The molecule has 0 saturated heterocycles. The number of rotatable bonds is 1. The summed E-state index contributed by atoms with van der Waals surface area (Å²) in [4.78, 5) is 0. The molecule has 0 radical (unpaired) electrons. The quantitative estimate of drug-likeness (QED) is 0.638. The lowest BCUT2D eigenvalue weighted by Gasteiger charge is -2.30. The van der Waals surface area contributed by atoms with Gasteiger partial charge in [0.1, 0.15) is 17.7 Å². The van der Waals surface area contributed by atoms with Crippen LogP contribution in [0.4, 0.5) is 0 Å². The van der Waals surface area contributed by atoms with Gasteiger partial charge in [0, 0.05) is 0 Å². The lowest BCUT2D eigenvalue weighted by atomic mass is 9.74. The minimum atomic E-state index is 0.0978. The van der Waals surface area contributed by atoms with Gasteiger partial charge in [-0.3, -0.25) is 0 Å². The molecular weight excluding hydrogens is 232 g/mol. The second kappa shape index (κ2) is 5.45. The lowest BCUT2D eigenvalue weighted by molar-refractivity contribution is 0.354. The number of hydrogen-bond acceptors (Lipinski definition) is 2. The molecule has 2 heteroatoms. The zero-order valence-corrected chi connectivity index (χ0v) is 12.5. The van der Waals surface area contributed by atoms with Gasteiger partial charge in [-0.2, -0.15) is 10.5 Å². The van der Waals surface area contributed by atoms with Gasteiger partial charge in [0.05, 0.1) is 0 Å². The van der Waals surface area contributed by atoms with E-state index in [1.807, 2.05) is 18.2 Å². The van der Waals surface area contributed by atoms with E-state index in [0.717, 1.165) is 18.4 Å². The van der Waals surface area contributed by atoms with Crippen LogP contribution in [0.1, 0.15) is 47.5 Å². The van der Waals surface area contributed by atoms with Crippen molar-refractivity contribution in [2.24, 2.45) is 10.8 Å². The van der Waals surface area contributed by atoms with Gasteiger partial charge in [-0.15, -0.1) is 0 Å². The van der Waals surface area contributed by atoms with Crippen molar-refractivity contribution in [3.8, 4) is 12.1 Å². The average molecular weight is 254 g/mol. The zero-order chi connectivity index (χ0) is 14.7. The molecule has 0 amide bonds. The Morgan fingerprint density at radius 3 is 2.26 bits per heavy atom. The van der Waals surface area contributed by atoms with Gasteiger partial charge in [-0.1, -0.05) is 52.8 Å². The van der Waals surface area contributed by atoms with Gasteiger partial charge in [0.2, 0.25) is 0 Å². The molecule has 0 aromatic heterocycles. The van der Waals surface area contributed by atoms with E-state index in [1.54, 1.807) is 0 Å². The van der Waals surface area contributed by atoms with E-state index in [9.17, 15) is 0 Å². The normalized spacial score (nSPS) is 18.7. The van der Waals surface area contributed by atoms with Gasteiger partial charge in [0.15, 0.2) is 0 Å². The second-order valence-electron chi connectivity index (χ2n) is 7.06. The minimum absolute atomic E-state index is 0.0978. The predicted octanol–water partition coefficient (Wildman–Crippen LogP) is 4.68. The van der Waals surface area contributed by atoms with E-state index in [2.05, 4.69) is 46.8 Å². The van der Waals surface area contributed by atoms with Gasteiger partial charge < -0.3 is 0 Å². The smallest absolute Gasteiger partial charge is 0.132 e. The van der Waals surface area contributed by atoms with Crippen molar-refractivity contribution in [1.82, 2.24) is 0 Å². The Balaban J connectivity index is 3.19. The highest BCUT2D eigenvalue weighted by Gasteiger charge is 2.26. The molecule has 2 nitrogen and oxygen atoms in total. The van der Waals surface area contributed by atoms with E-state index in [1.165, 1.54) is 5.57 Å². The highest BCUT2D eigenvalue weighted by molar-refractivity contribution is 5.49. The molecule has 0 aliphatic heterocycles. The molecule has 0 aromatic rings. The summed E-state index contributed by atoms with van der Waals surface area (Å²) in [5.74, 6) is 0. The Labute approximate surface area is 116 Å². The Morgan fingerprint density at radius 2 is 1.79 bits per heavy atom. The first-order chi connectivity index (χ1) is 8.67.